The topological polar surface area (TPSA) is 72.2 Å². The molecule has 0 aromatic heterocycles. The Morgan fingerprint density at radius 2 is 1.65 bits per heavy atom. The Labute approximate surface area is 115 Å². The molecule has 2 aromatic carbocycles. The minimum atomic E-state index is -4.31. The molecule has 0 heterocycles. The van der Waals surface area contributed by atoms with Gasteiger partial charge in [0.15, 0.2) is 0 Å². The molecule has 2 aromatic rings. The molecule has 2 rings (SSSR count). The van der Waals surface area contributed by atoms with Gasteiger partial charge in [0, 0.05) is 0 Å². The number of nitrogens with one attached hydrogen (secondary N) is 1. The lowest BCUT2D eigenvalue weighted by atomic mass is 10.2. The van der Waals surface area contributed by atoms with Crippen LogP contribution in [0.25, 0.3) is 0 Å². The van der Waals surface area contributed by atoms with Crippen molar-refractivity contribution in [3.63, 3.8) is 0 Å². The molecule has 4 nitrogen and oxygen atoms in total. The largest absolute Gasteiger partial charge is 0.398 e. The van der Waals surface area contributed by atoms with Crippen LogP contribution in [0.5, 0.6) is 0 Å². The molecule has 0 saturated heterocycles. The molecule has 0 unspecified atom stereocenters. The molecular formula is C13H12F2N2O2S. The average molecular weight is 298 g/mol. The predicted octanol–water partition coefficient (Wildman–Crippen LogP) is 2.66. The maximum Gasteiger partial charge on any atom is 0.266 e. The number of sulfonamides is 1. The van der Waals surface area contributed by atoms with Crippen LogP contribution in [0.15, 0.2) is 41.3 Å². The van der Waals surface area contributed by atoms with Crippen LogP contribution in [-0.2, 0) is 10.0 Å². The molecule has 0 bridgehead atoms. The molecule has 0 radical (unpaired) electrons. The molecule has 20 heavy (non-hydrogen) atoms. The number of benzene rings is 2. The van der Waals surface area contributed by atoms with Gasteiger partial charge in [-0.3, -0.25) is 4.72 Å². The quantitative estimate of drug-likeness (QED) is 0.856. The van der Waals surface area contributed by atoms with E-state index in [-0.39, 0.29) is 11.4 Å². The van der Waals surface area contributed by atoms with Crippen molar-refractivity contribution in [1.82, 2.24) is 0 Å². The third kappa shape index (κ3) is 2.57. The number of hydrogen-bond acceptors (Lipinski definition) is 3. The summed E-state index contributed by atoms with van der Waals surface area (Å²) in [6.45, 7) is 1.53. The van der Waals surface area contributed by atoms with E-state index in [1.807, 2.05) is 4.72 Å². The first kappa shape index (κ1) is 14.3. The standard InChI is InChI=1S/C13H12F2N2O2S/c1-8-4-2-5-9(14)12(8)17-20(18,19)13-10(15)6-3-7-11(13)16/h2-7,17H,16H2,1H3. The third-order valence-corrected chi connectivity index (χ3v) is 4.17. The number of nitrogens with two attached hydrogens (primary N) is 1. The van der Waals surface area contributed by atoms with Gasteiger partial charge in [-0.25, -0.2) is 17.2 Å². The second kappa shape index (κ2) is 5.09. The molecule has 0 amide bonds. The molecule has 0 aliphatic carbocycles. The summed E-state index contributed by atoms with van der Waals surface area (Å²) < 4.78 is 53.6. The second-order valence-corrected chi connectivity index (χ2v) is 5.81. The monoisotopic (exact) mass is 298 g/mol. The summed E-state index contributed by atoms with van der Waals surface area (Å²) in [6, 6.07) is 7.60. The van der Waals surface area contributed by atoms with Gasteiger partial charge in [-0.1, -0.05) is 18.2 Å². The van der Waals surface area contributed by atoms with E-state index in [2.05, 4.69) is 0 Å². The fourth-order valence-electron chi connectivity index (χ4n) is 1.76. The van der Waals surface area contributed by atoms with Crippen LogP contribution in [0.4, 0.5) is 20.2 Å². The summed E-state index contributed by atoms with van der Waals surface area (Å²) in [7, 11) is -4.31. The van der Waals surface area contributed by atoms with E-state index in [9.17, 15) is 17.2 Å². The van der Waals surface area contributed by atoms with Gasteiger partial charge in [0.25, 0.3) is 10.0 Å². The van der Waals surface area contributed by atoms with E-state index in [1.165, 1.54) is 31.2 Å². The third-order valence-electron chi connectivity index (χ3n) is 2.72. The number of hydrogen-bond donors (Lipinski definition) is 2. The van der Waals surface area contributed by atoms with E-state index >= 15 is 0 Å². The second-order valence-electron chi connectivity index (χ2n) is 4.20. The van der Waals surface area contributed by atoms with Crippen molar-refractivity contribution in [2.24, 2.45) is 0 Å². The lowest BCUT2D eigenvalue weighted by molar-refractivity contribution is 0.570. The maximum absolute atomic E-state index is 13.7. The number of para-hydroxylation sites is 1. The molecule has 3 N–H and O–H groups in total. The van der Waals surface area contributed by atoms with Gasteiger partial charge in [-0.2, -0.15) is 0 Å². The summed E-state index contributed by atoms with van der Waals surface area (Å²) >= 11 is 0. The van der Waals surface area contributed by atoms with Crippen LogP contribution in [0.3, 0.4) is 0 Å². The van der Waals surface area contributed by atoms with Crippen molar-refractivity contribution < 1.29 is 17.2 Å². The number of halogens is 2. The SMILES string of the molecule is Cc1cccc(F)c1NS(=O)(=O)c1c(N)cccc1F. The van der Waals surface area contributed by atoms with Gasteiger partial charge >= 0.3 is 0 Å². The highest BCUT2D eigenvalue weighted by Crippen LogP contribution is 2.27. The van der Waals surface area contributed by atoms with Crippen molar-refractivity contribution in [2.75, 3.05) is 10.5 Å². The normalized spacial score (nSPS) is 11.3. The summed E-state index contributed by atoms with van der Waals surface area (Å²) in [5.41, 5.74) is 5.39. The van der Waals surface area contributed by atoms with Crippen LogP contribution < -0.4 is 10.5 Å². The number of rotatable bonds is 3. The predicted molar refractivity (Wildman–Crippen MR) is 72.8 cm³/mol. The average Bonchev–Trinajstić information content (AvgIpc) is 2.33. The highest BCUT2D eigenvalue weighted by molar-refractivity contribution is 7.92. The fraction of sp³-hybridized carbons (Fsp3) is 0.0769. The zero-order valence-electron chi connectivity index (χ0n) is 10.5. The smallest absolute Gasteiger partial charge is 0.266 e. The molecule has 106 valence electrons. The Kier molecular flexibility index (Phi) is 3.63. The Hall–Kier alpha value is -2.15. The van der Waals surface area contributed by atoms with Gasteiger partial charge in [0.2, 0.25) is 0 Å². The van der Waals surface area contributed by atoms with Crippen LogP contribution in [0, 0.1) is 18.6 Å². The van der Waals surface area contributed by atoms with Crippen molar-refractivity contribution >= 4 is 21.4 Å². The summed E-state index contributed by atoms with van der Waals surface area (Å²) in [5.74, 6) is -1.74. The van der Waals surface area contributed by atoms with Gasteiger partial charge in [-0.15, -0.1) is 0 Å². The summed E-state index contributed by atoms with van der Waals surface area (Å²) in [6.07, 6.45) is 0. The number of anilines is 2. The molecule has 0 aliphatic rings. The van der Waals surface area contributed by atoms with Crippen LogP contribution in [-0.4, -0.2) is 8.42 Å². The van der Waals surface area contributed by atoms with Crippen LogP contribution in [0.1, 0.15) is 5.56 Å². The molecule has 0 aliphatic heterocycles. The van der Waals surface area contributed by atoms with E-state index in [4.69, 9.17) is 5.73 Å². The Balaban J connectivity index is 2.53. The first-order chi connectivity index (χ1) is 9.33. The zero-order valence-corrected chi connectivity index (χ0v) is 11.3. The van der Waals surface area contributed by atoms with E-state index in [0.29, 0.717) is 5.56 Å². The molecule has 0 atom stereocenters. The lowest BCUT2D eigenvalue weighted by Gasteiger charge is -2.13. The van der Waals surface area contributed by atoms with Crippen molar-refractivity contribution in [1.29, 1.82) is 0 Å². The lowest BCUT2D eigenvalue weighted by Crippen LogP contribution is -2.18. The van der Waals surface area contributed by atoms with Gasteiger partial charge in [0.1, 0.15) is 16.5 Å². The van der Waals surface area contributed by atoms with Crippen molar-refractivity contribution in [3.8, 4) is 0 Å². The minimum absolute atomic E-state index is 0.227. The minimum Gasteiger partial charge on any atom is -0.398 e. The van der Waals surface area contributed by atoms with Gasteiger partial charge < -0.3 is 5.73 Å². The molecule has 7 heteroatoms. The van der Waals surface area contributed by atoms with Crippen LogP contribution >= 0.6 is 0 Å². The molecular weight excluding hydrogens is 286 g/mol. The highest BCUT2D eigenvalue weighted by atomic mass is 32.2. The van der Waals surface area contributed by atoms with E-state index in [0.717, 1.165) is 12.1 Å². The van der Waals surface area contributed by atoms with Crippen LogP contribution in [0.2, 0.25) is 0 Å². The molecule has 0 spiro atoms. The number of aryl methyl sites for hydroxylation is 1. The highest BCUT2D eigenvalue weighted by Gasteiger charge is 2.24. The van der Waals surface area contributed by atoms with E-state index in [1.54, 1.807) is 0 Å². The molecule has 0 saturated carbocycles. The van der Waals surface area contributed by atoms with Gasteiger partial charge in [0.05, 0.1) is 11.4 Å². The van der Waals surface area contributed by atoms with Crippen molar-refractivity contribution in [3.05, 3.63) is 53.6 Å². The Morgan fingerprint density at radius 1 is 1.05 bits per heavy atom. The number of nitrogen functional groups attached to an aromatic ring is 1. The van der Waals surface area contributed by atoms with E-state index < -0.39 is 26.6 Å². The van der Waals surface area contributed by atoms with Crippen molar-refractivity contribution in [2.45, 2.75) is 11.8 Å². The Bertz CT molecular complexity index is 720. The first-order valence-electron chi connectivity index (χ1n) is 5.65. The maximum atomic E-state index is 13.7. The van der Waals surface area contributed by atoms with Gasteiger partial charge in [-0.05, 0) is 30.7 Å². The summed E-state index contributed by atoms with van der Waals surface area (Å²) in [4.78, 5) is -0.692. The molecule has 0 fully saturated rings. The fourth-order valence-corrected chi connectivity index (χ4v) is 3.09. The zero-order chi connectivity index (χ0) is 14.9. The Morgan fingerprint density at radius 3 is 2.25 bits per heavy atom. The first-order valence-corrected chi connectivity index (χ1v) is 7.13. The summed E-state index contributed by atoms with van der Waals surface area (Å²) in [5, 5.41) is 0.